The predicted molar refractivity (Wildman–Crippen MR) is 99.0 cm³/mol. The molecule has 1 N–H and O–H groups in total. The standard InChI is InChI=1S/C17H29N5O3S/c1-13(2)22-11-14(9-19-22)10-21-7-5-15-17(12-21,16(23)18-3)6-8-26(24,25)20(15)4/h9,11,13,15H,5-8,10,12H2,1-4H3,(H,18,23)/t15-,17+/m1/s1. The molecule has 3 rings (SSSR count). The first-order valence-electron chi connectivity index (χ1n) is 9.13. The summed E-state index contributed by atoms with van der Waals surface area (Å²) in [6, 6.07) is 0.0275. The molecule has 26 heavy (non-hydrogen) atoms. The maximum atomic E-state index is 12.8. The van der Waals surface area contributed by atoms with Crippen molar-refractivity contribution in [3.8, 4) is 0 Å². The van der Waals surface area contributed by atoms with Crippen LogP contribution >= 0.6 is 0 Å². The molecular formula is C17H29N5O3S. The van der Waals surface area contributed by atoms with Gasteiger partial charge in [0.05, 0.1) is 17.4 Å². The normalized spacial score (nSPS) is 29.5. The fourth-order valence-electron chi connectivity index (χ4n) is 4.31. The number of amides is 1. The third kappa shape index (κ3) is 3.27. The Kier molecular flexibility index (Phi) is 5.15. The number of aromatic nitrogens is 2. The van der Waals surface area contributed by atoms with Crippen LogP contribution in [0.3, 0.4) is 0 Å². The van der Waals surface area contributed by atoms with Gasteiger partial charge in [-0.15, -0.1) is 0 Å². The molecule has 2 aliphatic heterocycles. The topological polar surface area (TPSA) is 87.5 Å². The lowest BCUT2D eigenvalue weighted by Gasteiger charge is -2.52. The van der Waals surface area contributed by atoms with Crippen molar-refractivity contribution in [2.24, 2.45) is 5.41 Å². The van der Waals surface area contributed by atoms with Crippen molar-refractivity contribution >= 4 is 15.9 Å². The molecule has 0 radical (unpaired) electrons. The molecule has 0 aromatic carbocycles. The van der Waals surface area contributed by atoms with Crippen LogP contribution in [0.1, 0.15) is 38.3 Å². The van der Waals surface area contributed by atoms with Crippen LogP contribution in [-0.2, 0) is 21.4 Å². The zero-order chi connectivity index (χ0) is 19.1. The molecule has 3 heterocycles. The van der Waals surface area contributed by atoms with E-state index in [-0.39, 0.29) is 17.7 Å². The van der Waals surface area contributed by atoms with Crippen LogP contribution in [0, 0.1) is 5.41 Å². The second-order valence-corrected chi connectivity index (χ2v) is 9.90. The average Bonchev–Trinajstić information content (AvgIpc) is 3.06. The fraction of sp³-hybridized carbons (Fsp3) is 0.765. The summed E-state index contributed by atoms with van der Waals surface area (Å²) in [4.78, 5) is 15.0. The van der Waals surface area contributed by atoms with Crippen LogP contribution in [0.4, 0.5) is 0 Å². The first-order valence-corrected chi connectivity index (χ1v) is 10.7. The van der Waals surface area contributed by atoms with Gasteiger partial charge < -0.3 is 5.32 Å². The molecule has 9 heteroatoms. The molecule has 1 aromatic rings. The summed E-state index contributed by atoms with van der Waals surface area (Å²) in [5, 5.41) is 7.16. The number of carbonyl (C=O) groups excluding carboxylic acids is 1. The molecule has 1 aromatic heterocycles. The third-order valence-corrected chi connectivity index (χ3v) is 7.67. The van der Waals surface area contributed by atoms with Gasteiger partial charge in [-0.05, 0) is 26.7 Å². The van der Waals surface area contributed by atoms with E-state index in [1.165, 1.54) is 4.31 Å². The molecule has 2 atom stereocenters. The number of fused-ring (bicyclic) bond motifs is 1. The zero-order valence-corrected chi connectivity index (χ0v) is 16.8. The minimum Gasteiger partial charge on any atom is -0.359 e. The molecule has 2 aliphatic rings. The lowest BCUT2D eigenvalue weighted by Crippen LogP contribution is -2.66. The molecule has 1 amide bonds. The maximum Gasteiger partial charge on any atom is 0.228 e. The average molecular weight is 384 g/mol. The first-order chi connectivity index (χ1) is 12.2. The summed E-state index contributed by atoms with van der Waals surface area (Å²) in [6.45, 7) is 6.21. The van der Waals surface area contributed by atoms with Gasteiger partial charge in [-0.1, -0.05) is 0 Å². The number of likely N-dealkylation sites (tertiary alicyclic amines) is 1. The monoisotopic (exact) mass is 383 g/mol. The number of hydrogen-bond donors (Lipinski definition) is 1. The summed E-state index contributed by atoms with van der Waals surface area (Å²) in [7, 11) is -0.0347. The molecule has 0 bridgehead atoms. The summed E-state index contributed by atoms with van der Waals surface area (Å²) < 4.78 is 28.0. The highest BCUT2D eigenvalue weighted by Crippen LogP contribution is 2.42. The SMILES string of the molecule is CNC(=O)[C@]12CCS(=O)(=O)N(C)[C@@H]1CCN(Cc1cnn(C(C)C)c1)C2. The van der Waals surface area contributed by atoms with Gasteiger partial charge in [0.15, 0.2) is 0 Å². The Morgan fingerprint density at radius 1 is 1.46 bits per heavy atom. The highest BCUT2D eigenvalue weighted by molar-refractivity contribution is 7.89. The van der Waals surface area contributed by atoms with Gasteiger partial charge in [0.25, 0.3) is 0 Å². The lowest BCUT2D eigenvalue weighted by molar-refractivity contribution is -0.139. The second kappa shape index (κ2) is 6.94. The summed E-state index contributed by atoms with van der Waals surface area (Å²) >= 11 is 0. The Morgan fingerprint density at radius 2 is 2.19 bits per heavy atom. The summed E-state index contributed by atoms with van der Waals surface area (Å²) in [6.07, 6.45) is 4.93. The molecule has 2 saturated heterocycles. The number of rotatable bonds is 4. The van der Waals surface area contributed by atoms with E-state index in [2.05, 4.69) is 29.2 Å². The molecule has 2 fully saturated rings. The predicted octanol–water partition coefficient (Wildman–Crippen LogP) is 0.436. The van der Waals surface area contributed by atoms with E-state index < -0.39 is 15.4 Å². The minimum atomic E-state index is -3.27. The first kappa shape index (κ1) is 19.3. The van der Waals surface area contributed by atoms with E-state index in [1.54, 1.807) is 14.1 Å². The highest BCUT2D eigenvalue weighted by atomic mass is 32.2. The van der Waals surface area contributed by atoms with Gasteiger partial charge >= 0.3 is 0 Å². The van der Waals surface area contributed by atoms with Gasteiger partial charge in [0.2, 0.25) is 15.9 Å². The molecule has 0 saturated carbocycles. The number of nitrogens with zero attached hydrogens (tertiary/aromatic N) is 4. The Balaban J connectivity index is 1.82. The van der Waals surface area contributed by atoms with Gasteiger partial charge in [-0.2, -0.15) is 5.10 Å². The van der Waals surface area contributed by atoms with Crippen LogP contribution in [0.25, 0.3) is 0 Å². The summed E-state index contributed by atoms with van der Waals surface area (Å²) in [5.41, 5.74) is 0.419. The number of sulfonamides is 1. The van der Waals surface area contributed by atoms with Crippen molar-refractivity contribution in [1.29, 1.82) is 0 Å². The zero-order valence-electron chi connectivity index (χ0n) is 16.0. The lowest BCUT2D eigenvalue weighted by atomic mass is 9.72. The van der Waals surface area contributed by atoms with Crippen LogP contribution in [0.15, 0.2) is 12.4 Å². The van der Waals surface area contributed by atoms with Crippen molar-refractivity contribution in [2.45, 2.75) is 45.3 Å². The van der Waals surface area contributed by atoms with Crippen LogP contribution in [0.5, 0.6) is 0 Å². The molecule has 0 aliphatic carbocycles. The van der Waals surface area contributed by atoms with Crippen molar-refractivity contribution in [2.75, 3.05) is 32.9 Å². The molecule has 0 unspecified atom stereocenters. The molecule has 0 spiro atoms. The smallest absolute Gasteiger partial charge is 0.228 e. The van der Waals surface area contributed by atoms with Gasteiger partial charge in [-0.25, -0.2) is 12.7 Å². The van der Waals surface area contributed by atoms with Crippen molar-refractivity contribution in [3.63, 3.8) is 0 Å². The van der Waals surface area contributed by atoms with Crippen molar-refractivity contribution in [3.05, 3.63) is 18.0 Å². The highest BCUT2D eigenvalue weighted by Gasteiger charge is 2.55. The summed E-state index contributed by atoms with van der Waals surface area (Å²) in [5.74, 6) is -0.0427. The van der Waals surface area contributed by atoms with E-state index in [1.807, 2.05) is 17.1 Å². The minimum absolute atomic E-state index is 0.0204. The Morgan fingerprint density at radius 3 is 2.81 bits per heavy atom. The molecular weight excluding hydrogens is 354 g/mol. The Labute approximate surface area is 155 Å². The van der Waals surface area contributed by atoms with Gasteiger partial charge in [0, 0.05) is 57.6 Å². The largest absolute Gasteiger partial charge is 0.359 e. The maximum absolute atomic E-state index is 12.8. The molecule has 8 nitrogen and oxygen atoms in total. The van der Waals surface area contributed by atoms with Crippen molar-refractivity contribution in [1.82, 2.24) is 24.3 Å². The van der Waals surface area contributed by atoms with Crippen molar-refractivity contribution < 1.29 is 13.2 Å². The third-order valence-electron chi connectivity index (χ3n) is 5.82. The van der Waals surface area contributed by atoms with Crippen LogP contribution < -0.4 is 5.32 Å². The number of piperidine rings is 1. The number of nitrogens with one attached hydrogen (secondary N) is 1. The Hall–Kier alpha value is -1.45. The van der Waals surface area contributed by atoms with E-state index in [0.29, 0.717) is 32.0 Å². The fourth-order valence-corrected chi connectivity index (χ4v) is 5.91. The van der Waals surface area contributed by atoms with E-state index in [0.717, 1.165) is 12.1 Å². The van der Waals surface area contributed by atoms with Gasteiger partial charge in [0.1, 0.15) is 0 Å². The van der Waals surface area contributed by atoms with Crippen LogP contribution in [-0.4, -0.2) is 72.3 Å². The van der Waals surface area contributed by atoms with E-state index >= 15 is 0 Å². The van der Waals surface area contributed by atoms with E-state index in [9.17, 15) is 13.2 Å². The Bertz CT molecular complexity index is 775. The number of carbonyl (C=O) groups is 1. The quantitative estimate of drug-likeness (QED) is 0.815. The van der Waals surface area contributed by atoms with Gasteiger partial charge in [-0.3, -0.25) is 14.4 Å². The number of hydrogen-bond acceptors (Lipinski definition) is 5. The van der Waals surface area contributed by atoms with E-state index in [4.69, 9.17) is 0 Å². The van der Waals surface area contributed by atoms with Crippen LogP contribution in [0.2, 0.25) is 0 Å². The second-order valence-electron chi connectivity index (χ2n) is 7.75. The molecule has 146 valence electrons.